The summed E-state index contributed by atoms with van der Waals surface area (Å²) < 4.78 is 6.56. The second-order valence-corrected chi connectivity index (χ2v) is 5.98. The number of hydrogen-bond acceptors (Lipinski definition) is 5. The first kappa shape index (κ1) is 15.7. The van der Waals surface area contributed by atoms with E-state index in [4.69, 9.17) is 16.3 Å². The predicted molar refractivity (Wildman–Crippen MR) is 89.4 cm³/mol. The third-order valence-electron chi connectivity index (χ3n) is 2.98. The van der Waals surface area contributed by atoms with E-state index in [1.807, 2.05) is 5.38 Å². The summed E-state index contributed by atoms with van der Waals surface area (Å²) in [5.41, 5.74) is 0.966. The zero-order valence-corrected chi connectivity index (χ0v) is 13.8. The molecule has 6 nitrogen and oxygen atoms in total. The summed E-state index contributed by atoms with van der Waals surface area (Å²) >= 11 is 7.44. The number of rotatable bonds is 5. The monoisotopic (exact) mass is 348 g/mol. The van der Waals surface area contributed by atoms with Crippen LogP contribution in [0.4, 0.5) is 5.82 Å². The van der Waals surface area contributed by atoms with Gasteiger partial charge >= 0.3 is 0 Å². The molecule has 3 aromatic heterocycles. The van der Waals surface area contributed by atoms with Crippen LogP contribution in [0, 0.1) is 0 Å². The van der Waals surface area contributed by atoms with Gasteiger partial charge in [0.1, 0.15) is 0 Å². The van der Waals surface area contributed by atoms with E-state index < -0.39 is 0 Å². The maximum atomic E-state index is 12.2. The Bertz CT molecular complexity index is 830. The van der Waals surface area contributed by atoms with Crippen molar-refractivity contribution in [3.8, 4) is 5.82 Å². The molecule has 0 spiro atoms. The summed E-state index contributed by atoms with van der Waals surface area (Å²) in [6, 6.07) is 6.96. The second kappa shape index (κ2) is 6.91. The lowest BCUT2D eigenvalue weighted by molar-refractivity contribution is 0.103. The molecule has 118 valence electrons. The standard InChI is InChI=1S/C15H13ClN4O2S/c1-22-8-10-7-12(23-9-10)15(21)18-13-4-6-20(19-13)14-11(16)3-2-5-17-14/h2-7,9H,8H2,1H3,(H,18,19,21). The molecule has 0 bridgehead atoms. The van der Waals surface area contributed by atoms with E-state index in [0.717, 1.165) is 5.56 Å². The van der Waals surface area contributed by atoms with E-state index in [9.17, 15) is 4.79 Å². The minimum atomic E-state index is -0.213. The Hall–Kier alpha value is -2.22. The minimum Gasteiger partial charge on any atom is -0.380 e. The van der Waals surface area contributed by atoms with E-state index in [0.29, 0.717) is 28.1 Å². The predicted octanol–water partition coefficient (Wildman–Crippen LogP) is 3.38. The zero-order valence-electron chi connectivity index (χ0n) is 12.2. The highest BCUT2D eigenvalue weighted by Crippen LogP contribution is 2.19. The van der Waals surface area contributed by atoms with Gasteiger partial charge in [-0.2, -0.15) is 0 Å². The summed E-state index contributed by atoms with van der Waals surface area (Å²) in [6.45, 7) is 0.483. The van der Waals surface area contributed by atoms with Crippen molar-refractivity contribution in [3.63, 3.8) is 0 Å². The summed E-state index contributed by atoms with van der Waals surface area (Å²) in [7, 11) is 1.62. The highest BCUT2D eigenvalue weighted by atomic mass is 35.5. The van der Waals surface area contributed by atoms with Crippen LogP contribution in [-0.4, -0.2) is 27.8 Å². The molecular formula is C15H13ClN4O2S. The molecule has 0 fully saturated rings. The third kappa shape index (κ3) is 3.58. The van der Waals surface area contributed by atoms with Crippen molar-refractivity contribution in [2.75, 3.05) is 12.4 Å². The van der Waals surface area contributed by atoms with Gasteiger partial charge in [0.2, 0.25) is 0 Å². The molecular weight excluding hydrogens is 336 g/mol. The van der Waals surface area contributed by atoms with Gasteiger partial charge < -0.3 is 10.1 Å². The van der Waals surface area contributed by atoms with Crippen LogP contribution >= 0.6 is 22.9 Å². The van der Waals surface area contributed by atoms with E-state index >= 15 is 0 Å². The topological polar surface area (TPSA) is 69.0 Å². The molecule has 0 saturated heterocycles. The number of anilines is 1. The van der Waals surface area contributed by atoms with Crippen LogP contribution in [0.3, 0.4) is 0 Å². The van der Waals surface area contributed by atoms with Crippen LogP contribution < -0.4 is 5.32 Å². The number of nitrogens with one attached hydrogen (secondary N) is 1. The zero-order chi connectivity index (χ0) is 16.2. The van der Waals surface area contributed by atoms with Gasteiger partial charge in [0.15, 0.2) is 11.6 Å². The lowest BCUT2D eigenvalue weighted by atomic mass is 10.3. The Morgan fingerprint density at radius 1 is 1.48 bits per heavy atom. The van der Waals surface area contributed by atoms with Crippen LogP contribution in [0.1, 0.15) is 15.2 Å². The number of halogens is 1. The molecule has 3 heterocycles. The Kier molecular flexibility index (Phi) is 4.71. The fourth-order valence-corrected chi connectivity index (χ4v) is 2.97. The number of carbonyl (C=O) groups excluding carboxylic acids is 1. The molecule has 8 heteroatoms. The lowest BCUT2D eigenvalue weighted by Crippen LogP contribution is -2.11. The Morgan fingerprint density at radius 3 is 3.13 bits per heavy atom. The van der Waals surface area contributed by atoms with Crippen LogP contribution in [0.2, 0.25) is 5.02 Å². The van der Waals surface area contributed by atoms with Crippen LogP contribution in [-0.2, 0) is 11.3 Å². The van der Waals surface area contributed by atoms with Crippen LogP contribution in [0.15, 0.2) is 42.0 Å². The molecule has 23 heavy (non-hydrogen) atoms. The molecule has 0 radical (unpaired) electrons. The van der Waals surface area contributed by atoms with Crippen LogP contribution in [0.5, 0.6) is 0 Å². The first-order chi connectivity index (χ1) is 11.2. The lowest BCUT2D eigenvalue weighted by Gasteiger charge is -2.02. The van der Waals surface area contributed by atoms with Gasteiger partial charge in [-0.1, -0.05) is 11.6 Å². The van der Waals surface area contributed by atoms with Gasteiger partial charge in [-0.15, -0.1) is 16.4 Å². The SMILES string of the molecule is COCc1csc(C(=O)Nc2ccn(-c3ncccc3Cl)n2)c1. The molecule has 3 aromatic rings. The number of carbonyl (C=O) groups is 1. The first-order valence-electron chi connectivity index (χ1n) is 6.71. The quantitative estimate of drug-likeness (QED) is 0.767. The van der Waals surface area contributed by atoms with Gasteiger partial charge in [-0.05, 0) is 29.1 Å². The fourth-order valence-electron chi connectivity index (χ4n) is 1.97. The minimum absolute atomic E-state index is 0.213. The van der Waals surface area contributed by atoms with Crippen molar-refractivity contribution in [1.29, 1.82) is 0 Å². The molecule has 0 atom stereocenters. The maximum absolute atomic E-state index is 12.2. The van der Waals surface area contributed by atoms with Crippen molar-refractivity contribution < 1.29 is 9.53 Å². The van der Waals surface area contributed by atoms with E-state index in [-0.39, 0.29) is 5.91 Å². The number of methoxy groups -OCH3 is 1. The van der Waals surface area contributed by atoms with Crippen molar-refractivity contribution >= 4 is 34.7 Å². The van der Waals surface area contributed by atoms with Crippen LogP contribution in [0.25, 0.3) is 5.82 Å². The van der Waals surface area contributed by atoms with Crippen molar-refractivity contribution in [2.45, 2.75) is 6.61 Å². The number of pyridine rings is 1. The molecule has 0 aliphatic carbocycles. The second-order valence-electron chi connectivity index (χ2n) is 4.66. The van der Waals surface area contributed by atoms with Crippen molar-refractivity contribution in [2.24, 2.45) is 0 Å². The molecule has 3 rings (SSSR count). The first-order valence-corrected chi connectivity index (χ1v) is 7.97. The Labute approximate surface area is 141 Å². The van der Waals surface area contributed by atoms with E-state index in [1.165, 1.54) is 16.0 Å². The highest BCUT2D eigenvalue weighted by Gasteiger charge is 2.12. The fraction of sp³-hybridized carbons (Fsp3) is 0.133. The van der Waals surface area contributed by atoms with E-state index in [1.54, 1.807) is 43.8 Å². The highest BCUT2D eigenvalue weighted by molar-refractivity contribution is 7.12. The summed E-state index contributed by atoms with van der Waals surface area (Å²) in [5.74, 6) is 0.723. The summed E-state index contributed by atoms with van der Waals surface area (Å²) in [5, 5.41) is 9.39. The molecule has 0 aromatic carbocycles. The van der Waals surface area contributed by atoms with Gasteiger partial charge in [-0.25, -0.2) is 9.67 Å². The molecule has 1 amide bonds. The number of aromatic nitrogens is 3. The molecule has 0 aliphatic rings. The van der Waals surface area contributed by atoms with Crippen molar-refractivity contribution in [3.05, 3.63) is 57.5 Å². The van der Waals surface area contributed by atoms with Gasteiger partial charge in [0.05, 0.1) is 16.5 Å². The maximum Gasteiger partial charge on any atom is 0.266 e. The average molecular weight is 349 g/mol. The normalized spacial score (nSPS) is 10.7. The van der Waals surface area contributed by atoms with E-state index in [2.05, 4.69) is 15.4 Å². The largest absolute Gasteiger partial charge is 0.380 e. The van der Waals surface area contributed by atoms with Gasteiger partial charge in [0.25, 0.3) is 5.91 Å². The van der Waals surface area contributed by atoms with Crippen molar-refractivity contribution in [1.82, 2.24) is 14.8 Å². The number of ether oxygens (including phenoxy) is 1. The number of thiophene rings is 1. The smallest absolute Gasteiger partial charge is 0.266 e. The number of amides is 1. The number of hydrogen-bond donors (Lipinski definition) is 1. The Balaban J connectivity index is 1.73. The number of nitrogens with zero attached hydrogens (tertiary/aromatic N) is 3. The average Bonchev–Trinajstić information content (AvgIpc) is 3.18. The Morgan fingerprint density at radius 2 is 2.35 bits per heavy atom. The van der Waals surface area contributed by atoms with Gasteiger partial charge in [-0.3, -0.25) is 4.79 Å². The molecule has 1 N–H and O–H groups in total. The molecule has 0 aliphatic heterocycles. The summed E-state index contributed by atoms with van der Waals surface area (Å²) in [4.78, 5) is 17.0. The third-order valence-corrected chi connectivity index (χ3v) is 4.25. The molecule has 0 unspecified atom stereocenters. The van der Waals surface area contributed by atoms with Gasteiger partial charge in [0, 0.05) is 25.6 Å². The molecule has 0 saturated carbocycles. The summed E-state index contributed by atoms with van der Waals surface area (Å²) in [6.07, 6.45) is 3.32.